The Labute approximate surface area is 104 Å². The molecule has 0 aliphatic heterocycles. The Morgan fingerprint density at radius 2 is 1.88 bits per heavy atom. The topological polar surface area (TPSA) is 44.8 Å². The van der Waals surface area contributed by atoms with E-state index < -0.39 is 0 Å². The van der Waals surface area contributed by atoms with Crippen molar-refractivity contribution in [3.05, 3.63) is 0 Å². The summed E-state index contributed by atoms with van der Waals surface area (Å²) < 4.78 is 15.0. The van der Waals surface area contributed by atoms with Crippen molar-refractivity contribution in [2.75, 3.05) is 27.1 Å². The zero-order chi connectivity index (χ0) is 12.5. The molecule has 4 heteroatoms. The van der Waals surface area contributed by atoms with E-state index in [9.17, 15) is 4.79 Å². The number of esters is 1. The molecule has 0 unspecified atom stereocenters. The predicted octanol–water partition coefficient (Wildman–Crippen LogP) is 2.37. The van der Waals surface area contributed by atoms with Crippen molar-refractivity contribution in [1.82, 2.24) is 0 Å². The number of hydrogen-bond donors (Lipinski definition) is 0. The summed E-state index contributed by atoms with van der Waals surface area (Å²) in [5.41, 5.74) is 0. The standard InChI is InChI=1S/C13H24O4/c1-3-11-4-6-12(7-5-11)13(14)17-10-16-9-8-15-2/h11-12H,3-10H2,1-2H3. The molecule has 0 spiro atoms. The van der Waals surface area contributed by atoms with Crippen molar-refractivity contribution in [3.63, 3.8) is 0 Å². The van der Waals surface area contributed by atoms with E-state index >= 15 is 0 Å². The molecule has 0 aromatic heterocycles. The van der Waals surface area contributed by atoms with Crippen LogP contribution in [0.3, 0.4) is 0 Å². The highest BCUT2D eigenvalue weighted by atomic mass is 16.7. The lowest BCUT2D eigenvalue weighted by molar-refractivity contribution is -0.163. The van der Waals surface area contributed by atoms with Crippen molar-refractivity contribution in [1.29, 1.82) is 0 Å². The van der Waals surface area contributed by atoms with Gasteiger partial charge >= 0.3 is 5.97 Å². The second kappa shape index (κ2) is 8.48. The fourth-order valence-electron chi connectivity index (χ4n) is 2.23. The third-order valence-corrected chi connectivity index (χ3v) is 3.47. The monoisotopic (exact) mass is 244 g/mol. The summed E-state index contributed by atoms with van der Waals surface area (Å²) in [5, 5.41) is 0. The normalized spacial score (nSPS) is 24.6. The second-order valence-corrected chi connectivity index (χ2v) is 4.61. The summed E-state index contributed by atoms with van der Waals surface area (Å²) in [6.45, 7) is 3.26. The number of carbonyl (C=O) groups excluding carboxylic acids is 1. The van der Waals surface area contributed by atoms with Crippen LogP contribution in [-0.4, -0.2) is 33.1 Å². The van der Waals surface area contributed by atoms with Crippen LogP contribution >= 0.6 is 0 Å². The lowest BCUT2D eigenvalue weighted by Gasteiger charge is -2.26. The Hall–Kier alpha value is -0.610. The quantitative estimate of drug-likeness (QED) is 0.392. The Bertz CT molecular complexity index is 209. The molecule has 0 amide bonds. The Morgan fingerprint density at radius 3 is 2.47 bits per heavy atom. The van der Waals surface area contributed by atoms with Gasteiger partial charge in [0.15, 0.2) is 6.79 Å². The number of hydrogen-bond acceptors (Lipinski definition) is 4. The molecule has 1 saturated carbocycles. The average Bonchev–Trinajstić information content (AvgIpc) is 2.38. The number of ether oxygens (including phenoxy) is 3. The van der Waals surface area contributed by atoms with E-state index in [0.717, 1.165) is 31.6 Å². The minimum absolute atomic E-state index is 0.0515. The number of carbonyl (C=O) groups is 1. The fraction of sp³-hybridized carbons (Fsp3) is 0.923. The molecule has 1 aliphatic carbocycles. The molecule has 1 aliphatic rings. The first kappa shape index (κ1) is 14.5. The van der Waals surface area contributed by atoms with Crippen LogP contribution in [-0.2, 0) is 19.0 Å². The van der Waals surface area contributed by atoms with Crippen LogP contribution in [0.5, 0.6) is 0 Å². The van der Waals surface area contributed by atoms with Crippen LogP contribution < -0.4 is 0 Å². The van der Waals surface area contributed by atoms with E-state index in [0.29, 0.717) is 13.2 Å². The van der Waals surface area contributed by atoms with Crippen LogP contribution in [0.25, 0.3) is 0 Å². The first-order valence-corrected chi connectivity index (χ1v) is 6.51. The summed E-state index contributed by atoms with van der Waals surface area (Å²) in [6, 6.07) is 0. The molecule has 17 heavy (non-hydrogen) atoms. The third-order valence-electron chi connectivity index (χ3n) is 3.47. The van der Waals surface area contributed by atoms with E-state index in [1.165, 1.54) is 6.42 Å². The lowest BCUT2D eigenvalue weighted by atomic mass is 9.81. The Kier molecular flexibility index (Phi) is 7.21. The summed E-state index contributed by atoms with van der Waals surface area (Å²) in [6.07, 6.45) is 5.47. The second-order valence-electron chi connectivity index (χ2n) is 4.61. The van der Waals surface area contributed by atoms with Crippen molar-refractivity contribution >= 4 is 5.97 Å². The van der Waals surface area contributed by atoms with E-state index in [4.69, 9.17) is 14.2 Å². The summed E-state index contributed by atoms with van der Waals surface area (Å²) in [4.78, 5) is 11.7. The molecule has 0 heterocycles. The van der Waals surface area contributed by atoms with Crippen LogP contribution in [0, 0.1) is 11.8 Å². The Balaban J connectivity index is 2.08. The van der Waals surface area contributed by atoms with Crippen LogP contribution in [0.1, 0.15) is 39.0 Å². The molecule has 1 fully saturated rings. The molecular formula is C13H24O4. The number of methoxy groups -OCH3 is 1. The molecule has 0 atom stereocenters. The lowest BCUT2D eigenvalue weighted by Crippen LogP contribution is -2.24. The maximum absolute atomic E-state index is 11.7. The van der Waals surface area contributed by atoms with Gasteiger partial charge in [0.25, 0.3) is 0 Å². The van der Waals surface area contributed by atoms with Gasteiger partial charge in [-0.15, -0.1) is 0 Å². The maximum Gasteiger partial charge on any atom is 0.311 e. The van der Waals surface area contributed by atoms with E-state index in [-0.39, 0.29) is 18.7 Å². The van der Waals surface area contributed by atoms with Gasteiger partial charge in [0.1, 0.15) is 0 Å². The predicted molar refractivity (Wildman–Crippen MR) is 64.5 cm³/mol. The number of rotatable bonds is 7. The first-order valence-electron chi connectivity index (χ1n) is 6.51. The van der Waals surface area contributed by atoms with Crippen molar-refractivity contribution < 1.29 is 19.0 Å². The molecule has 4 nitrogen and oxygen atoms in total. The summed E-state index contributed by atoms with van der Waals surface area (Å²) in [7, 11) is 1.61. The largest absolute Gasteiger partial charge is 0.438 e. The molecule has 0 saturated heterocycles. The molecule has 0 aromatic carbocycles. The highest BCUT2D eigenvalue weighted by Gasteiger charge is 2.26. The molecule has 0 radical (unpaired) electrons. The first-order chi connectivity index (χ1) is 8.27. The van der Waals surface area contributed by atoms with Gasteiger partial charge in [-0.3, -0.25) is 4.79 Å². The Morgan fingerprint density at radius 1 is 1.18 bits per heavy atom. The zero-order valence-electron chi connectivity index (χ0n) is 10.9. The van der Waals surface area contributed by atoms with Crippen molar-refractivity contribution in [2.45, 2.75) is 39.0 Å². The van der Waals surface area contributed by atoms with E-state index in [1.807, 2.05) is 0 Å². The third kappa shape index (κ3) is 5.50. The van der Waals surface area contributed by atoms with E-state index in [2.05, 4.69) is 6.92 Å². The van der Waals surface area contributed by atoms with Gasteiger partial charge in [-0.25, -0.2) is 0 Å². The molecule has 1 rings (SSSR count). The van der Waals surface area contributed by atoms with Gasteiger partial charge in [0.2, 0.25) is 0 Å². The van der Waals surface area contributed by atoms with Crippen LogP contribution in [0.4, 0.5) is 0 Å². The van der Waals surface area contributed by atoms with Gasteiger partial charge in [0.05, 0.1) is 19.1 Å². The molecular weight excluding hydrogens is 220 g/mol. The van der Waals surface area contributed by atoms with Crippen molar-refractivity contribution in [3.8, 4) is 0 Å². The van der Waals surface area contributed by atoms with Gasteiger partial charge in [-0.05, 0) is 31.6 Å². The maximum atomic E-state index is 11.7. The smallest absolute Gasteiger partial charge is 0.311 e. The van der Waals surface area contributed by atoms with Gasteiger partial charge in [-0.1, -0.05) is 13.3 Å². The SMILES string of the molecule is CCC1CCC(C(=O)OCOCCOC)CC1. The highest BCUT2D eigenvalue weighted by molar-refractivity contribution is 5.72. The molecule has 0 bridgehead atoms. The fourth-order valence-corrected chi connectivity index (χ4v) is 2.23. The molecule has 0 aromatic rings. The van der Waals surface area contributed by atoms with Crippen LogP contribution in [0.15, 0.2) is 0 Å². The van der Waals surface area contributed by atoms with Gasteiger partial charge < -0.3 is 14.2 Å². The van der Waals surface area contributed by atoms with Gasteiger partial charge in [-0.2, -0.15) is 0 Å². The van der Waals surface area contributed by atoms with Crippen molar-refractivity contribution in [2.24, 2.45) is 11.8 Å². The summed E-state index contributed by atoms with van der Waals surface area (Å²) >= 11 is 0. The highest BCUT2D eigenvalue weighted by Crippen LogP contribution is 2.31. The minimum atomic E-state index is -0.100. The zero-order valence-corrected chi connectivity index (χ0v) is 10.9. The minimum Gasteiger partial charge on any atom is -0.438 e. The average molecular weight is 244 g/mol. The van der Waals surface area contributed by atoms with Crippen LogP contribution in [0.2, 0.25) is 0 Å². The molecule has 100 valence electrons. The van der Waals surface area contributed by atoms with Gasteiger partial charge in [0, 0.05) is 7.11 Å². The molecule has 0 N–H and O–H groups in total. The summed E-state index contributed by atoms with van der Waals surface area (Å²) in [5.74, 6) is 0.790. The van der Waals surface area contributed by atoms with E-state index in [1.54, 1.807) is 7.11 Å².